The second kappa shape index (κ2) is 7.82. The van der Waals surface area contributed by atoms with Crippen LogP contribution in [0.25, 0.3) is 0 Å². The van der Waals surface area contributed by atoms with E-state index in [2.05, 4.69) is 36.1 Å². The maximum absolute atomic E-state index is 12.2. The van der Waals surface area contributed by atoms with Gasteiger partial charge in [-0.05, 0) is 75.7 Å². The topological polar surface area (TPSA) is 23.6 Å². The number of likely N-dealkylation sites (tertiary alicyclic amines) is 1. The van der Waals surface area contributed by atoms with Gasteiger partial charge in [0.1, 0.15) is 0 Å². The van der Waals surface area contributed by atoms with Crippen LogP contribution >= 0.6 is 0 Å². The zero-order valence-corrected chi connectivity index (χ0v) is 18.2. The monoisotopic (exact) mass is 382 g/mol. The number of hydrogen-bond acceptors (Lipinski definition) is 2. The SMILES string of the molecule is CC(=O)N(C)C1(C)CC2(CCN(CCCC3CCCC3)CC2)c2ccccc21. The van der Waals surface area contributed by atoms with Crippen molar-refractivity contribution in [3.05, 3.63) is 35.4 Å². The van der Waals surface area contributed by atoms with E-state index < -0.39 is 0 Å². The van der Waals surface area contributed by atoms with Crippen LogP contribution < -0.4 is 0 Å². The zero-order valence-electron chi connectivity index (χ0n) is 18.2. The first kappa shape index (κ1) is 19.9. The van der Waals surface area contributed by atoms with Gasteiger partial charge in [0.2, 0.25) is 5.91 Å². The van der Waals surface area contributed by atoms with E-state index in [-0.39, 0.29) is 16.9 Å². The number of carbonyl (C=O) groups is 1. The van der Waals surface area contributed by atoms with Gasteiger partial charge in [-0.2, -0.15) is 0 Å². The molecular weight excluding hydrogens is 344 g/mol. The minimum absolute atomic E-state index is 0.165. The Morgan fingerprint density at radius 2 is 1.79 bits per heavy atom. The Morgan fingerprint density at radius 3 is 2.43 bits per heavy atom. The molecule has 3 nitrogen and oxygen atoms in total. The summed E-state index contributed by atoms with van der Waals surface area (Å²) in [5.41, 5.74) is 2.96. The third kappa shape index (κ3) is 3.51. The lowest BCUT2D eigenvalue weighted by molar-refractivity contribution is -0.133. The highest BCUT2D eigenvalue weighted by atomic mass is 16.2. The molecule has 4 rings (SSSR count). The Labute approximate surface area is 171 Å². The minimum atomic E-state index is -0.174. The summed E-state index contributed by atoms with van der Waals surface area (Å²) in [4.78, 5) is 16.9. The Kier molecular flexibility index (Phi) is 5.57. The molecule has 1 aliphatic heterocycles. The van der Waals surface area contributed by atoms with Crippen molar-refractivity contribution in [1.29, 1.82) is 0 Å². The molecule has 0 radical (unpaired) electrons. The molecule has 0 aromatic heterocycles. The van der Waals surface area contributed by atoms with Gasteiger partial charge in [0, 0.05) is 19.4 Å². The molecular formula is C25H38N2O. The first-order valence-corrected chi connectivity index (χ1v) is 11.5. The molecule has 1 spiro atoms. The van der Waals surface area contributed by atoms with Crippen LogP contribution in [0.15, 0.2) is 24.3 Å². The summed E-state index contributed by atoms with van der Waals surface area (Å²) in [6.45, 7) is 7.67. The fraction of sp³-hybridized carbons (Fsp3) is 0.720. The molecule has 2 fully saturated rings. The Bertz CT molecular complexity index is 700. The number of piperidine rings is 1. The summed E-state index contributed by atoms with van der Waals surface area (Å²) in [5, 5.41) is 0. The maximum atomic E-state index is 12.2. The van der Waals surface area contributed by atoms with E-state index in [1.807, 2.05) is 11.9 Å². The number of carbonyl (C=O) groups excluding carboxylic acids is 1. The summed E-state index contributed by atoms with van der Waals surface area (Å²) in [5.74, 6) is 1.18. The lowest BCUT2D eigenvalue weighted by Gasteiger charge is -2.43. The number of hydrogen-bond donors (Lipinski definition) is 0. The summed E-state index contributed by atoms with van der Waals surface area (Å²) in [6.07, 6.45) is 12.2. The van der Waals surface area contributed by atoms with Crippen molar-refractivity contribution in [2.75, 3.05) is 26.7 Å². The second-order valence-corrected chi connectivity index (χ2v) is 9.99. The van der Waals surface area contributed by atoms with Crippen LogP contribution in [0.4, 0.5) is 0 Å². The van der Waals surface area contributed by atoms with E-state index >= 15 is 0 Å². The fourth-order valence-electron chi connectivity index (χ4n) is 6.46. The van der Waals surface area contributed by atoms with Crippen LogP contribution in [0.2, 0.25) is 0 Å². The van der Waals surface area contributed by atoms with Gasteiger partial charge in [-0.15, -0.1) is 0 Å². The molecule has 1 unspecified atom stereocenters. The standard InChI is InChI=1S/C25H38N2O/c1-20(28)26(3)24(2)19-25(23-13-7-6-12-22(23)24)14-17-27(18-15-25)16-8-11-21-9-4-5-10-21/h6-7,12-13,21H,4-5,8-11,14-19H2,1-3H3. The summed E-state index contributed by atoms with van der Waals surface area (Å²) < 4.78 is 0. The molecule has 3 aliphatic rings. The predicted octanol–water partition coefficient (Wildman–Crippen LogP) is 5.09. The quantitative estimate of drug-likeness (QED) is 0.708. The Morgan fingerprint density at radius 1 is 1.14 bits per heavy atom. The highest BCUT2D eigenvalue weighted by Gasteiger charge is 2.52. The summed E-state index contributed by atoms with van der Waals surface area (Å²) in [7, 11) is 1.98. The van der Waals surface area contributed by atoms with Gasteiger partial charge in [-0.25, -0.2) is 0 Å². The third-order valence-electron chi connectivity index (χ3n) is 8.35. The number of amides is 1. The van der Waals surface area contributed by atoms with E-state index in [0.29, 0.717) is 0 Å². The van der Waals surface area contributed by atoms with Crippen molar-refractivity contribution in [2.45, 2.75) is 82.6 Å². The van der Waals surface area contributed by atoms with Crippen LogP contribution in [-0.2, 0) is 15.7 Å². The number of rotatable bonds is 5. The lowest BCUT2D eigenvalue weighted by Crippen LogP contribution is -2.46. The average molecular weight is 383 g/mol. The molecule has 1 atom stereocenters. The Hall–Kier alpha value is -1.35. The normalized spacial score (nSPS) is 27.2. The molecule has 154 valence electrons. The highest BCUT2D eigenvalue weighted by Crippen LogP contribution is 2.55. The van der Waals surface area contributed by atoms with Crippen LogP contribution in [0.3, 0.4) is 0 Å². The molecule has 1 saturated heterocycles. The number of benzene rings is 1. The van der Waals surface area contributed by atoms with Gasteiger partial charge in [0.25, 0.3) is 0 Å². The molecule has 1 amide bonds. The van der Waals surface area contributed by atoms with E-state index in [1.165, 1.54) is 82.1 Å². The van der Waals surface area contributed by atoms with Crippen molar-refractivity contribution in [3.8, 4) is 0 Å². The van der Waals surface area contributed by atoms with Crippen LogP contribution in [0.1, 0.15) is 82.8 Å². The fourth-order valence-corrected chi connectivity index (χ4v) is 6.46. The zero-order chi connectivity index (χ0) is 19.8. The highest BCUT2D eigenvalue weighted by molar-refractivity contribution is 5.74. The maximum Gasteiger partial charge on any atom is 0.219 e. The molecule has 28 heavy (non-hydrogen) atoms. The van der Waals surface area contributed by atoms with Crippen LogP contribution in [0, 0.1) is 5.92 Å². The van der Waals surface area contributed by atoms with Crippen LogP contribution in [0.5, 0.6) is 0 Å². The smallest absolute Gasteiger partial charge is 0.219 e. The van der Waals surface area contributed by atoms with E-state index in [1.54, 1.807) is 6.92 Å². The van der Waals surface area contributed by atoms with E-state index in [9.17, 15) is 4.79 Å². The molecule has 1 saturated carbocycles. The van der Waals surface area contributed by atoms with Gasteiger partial charge in [-0.3, -0.25) is 4.79 Å². The van der Waals surface area contributed by atoms with Crippen LogP contribution in [-0.4, -0.2) is 42.4 Å². The third-order valence-corrected chi connectivity index (χ3v) is 8.35. The van der Waals surface area contributed by atoms with Crippen molar-refractivity contribution in [1.82, 2.24) is 9.80 Å². The first-order valence-electron chi connectivity index (χ1n) is 11.5. The van der Waals surface area contributed by atoms with E-state index in [0.717, 1.165) is 12.3 Å². The number of nitrogens with zero attached hydrogens (tertiary/aromatic N) is 2. The van der Waals surface area contributed by atoms with E-state index in [4.69, 9.17) is 0 Å². The lowest BCUT2D eigenvalue weighted by atomic mass is 9.72. The largest absolute Gasteiger partial charge is 0.336 e. The van der Waals surface area contributed by atoms with Gasteiger partial charge in [0.05, 0.1) is 5.54 Å². The van der Waals surface area contributed by atoms with Gasteiger partial charge in [-0.1, -0.05) is 49.9 Å². The average Bonchev–Trinajstić information content (AvgIpc) is 3.29. The molecule has 1 aromatic rings. The minimum Gasteiger partial charge on any atom is -0.336 e. The summed E-state index contributed by atoms with van der Waals surface area (Å²) >= 11 is 0. The van der Waals surface area contributed by atoms with Gasteiger partial charge < -0.3 is 9.80 Å². The summed E-state index contributed by atoms with van der Waals surface area (Å²) in [6, 6.07) is 8.93. The van der Waals surface area contributed by atoms with Crippen molar-refractivity contribution < 1.29 is 4.79 Å². The molecule has 2 aliphatic carbocycles. The Balaban J connectivity index is 1.42. The van der Waals surface area contributed by atoms with Crippen molar-refractivity contribution in [2.24, 2.45) is 5.92 Å². The molecule has 0 bridgehead atoms. The van der Waals surface area contributed by atoms with Crippen molar-refractivity contribution >= 4 is 5.91 Å². The molecule has 1 heterocycles. The van der Waals surface area contributed by atoms with Gasteiger partial charge in [0.15, 0.2) is 0 Å². The van der Waals surface area contributed by atoms with Crippen molar-refractivity contribution in [3.63, 3.8) is 0 Å². The molecule has 0 N–H and O–H groups in total. The molecule has 1 aromatic carbocycles. The predicted molar refractivity (Wildman–Crippen MR) is 115 cm³/mol. The molecule has 3 heteroatoms. The van der Waals surface area contributed by atoms with Gasteiger partial charge >= 0.3 is 0 Å². The first-order chi connectivity index (χ1) is 13.4. The second-order valence-electron chi connectivity index (χ2n) is 9.99. The number of fused-ring (bicyclic) bond motifs is 2.